The quantitative estimate of drug-likeness (QED) is 0.0259. The number of aliphatic carboxylic acids is 1. The van der Waals surface area contributed by atoms with E-state index in [9.17, 15) is 19.5 Å². The lowest BCUT2D eigenvalue weighted by molar-refractivity contribution is -0.889. The molecule has 0 aromatic carbocycles. The number of quaternary nitrogens is 1. The van der Waals surface area contributed by atoms with Gasteiger partial charge >= 0.3 is 11.9 Å². The van der Waals surface area contributed by atoms with Crippen LogP contribution < -0.4 is 5.11 Å². The van der Waals surface area contributed by atoms with Gasteiger partial charge in [-0.3, -0.25) is 9.59 Å². The monoisotopic (exact) mass is 918 g/mol. The van der Waals surface area contributed by atoms with E-state index in [-0.39, 0.29) is 49.1 Å². The molecule has 8 heteroatoms. The lowest BCUT2D eigenvalue weighted by atomic mass is 10.1. The summed E-state index contributed by atoms with van der Waals surface area (Å²) in [4.78, 5) is 37.1. The number of rotatable bonds is 45. The van der Waals surface area contributed by atoms with Gasteiger partial charge < -0.3 is 28.6 Å². The van der Waals surface area contributed by atoms with Gasteiger partial charge in [0.15, 0.2) is 6.10 Å². The standard InChI is InChI=1S/C58H95NO7/c1-6-8-10-12-14-16-18-20-22-24-26-27-28-29-31-32-34-36-38-40-42-44-46-48-56(60)65-53-54(52-64-51-50-55(58(62)63)59(3,4)5)66-57(61)49-47-45-43-41-39-37-35-33-30-25-23-21-19-17-15-13-11-9-7-2/h8-11,14-17,20-23,26-27,30,33,37,39,54-55H,6-7,12-13,18-19,24-25,28-29,31-32,34-36,38,40-53H2,1-5H3/b10-8+,11-9+,16-14+,17-15+,22-20+,23-21+,27-26+,33-30+,39-37+. The maximum atomic E-state index is 12.8. The van der Waals surface area contributed by atoms with Crippen molar-refractivity contribution in [2.75, 3.05) is 41.0 Å². The van der Waals surface area contributed by atoms with Gasteiger partial charge in [-0.1, -0.05) is 181 Å². The Labute approximate surface area is 404 Å². The van der Waals surface area contributed by atoms with Crippen molar-refractivity contribution in [3.63, 3.8) is 0 Å². The summed E-state index contributed by atoms with van der Waals surface area (Å²) in [6, 6.07) is -0.740. The molecule has 374 valence electrons. The second kappa shape index (κ2) is 47.5. The van der Waals surface area contributed by atoms with E-state index in [1.54, 1.807) is 21.1 Å². The zero-order valence-corrected chi connectivity index (χ0v) is 42.6. The van der Waals surface area contributed by atoms with Crippen LogP contribution in [0.25, 0.3) is 0 Å². The highest BCUT2D eigenvalue weighted by Gasteiger charge is 2.25. The molecule has 0 bridgehead atoms. The molecule has 0 amide bonds. The van der Waals surface area contributed by atoms with Crippen molar-refractivity contribution in [2.45, 2.75) is 199 Å². The van der Waals surface area contributed by atoms with Crippen molar-refractivity contribution < 1.29 is 38.2 Å². The van der Waals surface area contributed by atoms with Crippen molar-refractivity contribution >= 4 is 17.9 Å². The van der Waals surface area contributed by atoms with Gasteiger partial charge in [-0.05, 0) is 96.3 Å². The molecule has 0 fully saturated rings. The van der Waals surface area contributed by atoms with Crippen molar-refractivity contribution in [3.8, 4) is 0 Å². The second-order valence-corrected chi connectivity index (χ2v) is 18.0. The van der Waals surface area contributed by atoms with E-state index in [0.717, 1.165) is 103 Å². The van der Waals surface area contributed by atoms with Gasteiger partial charge in [-0.25, -0.2) is 0 Å². The van der Waals surface area contributed by atoms with E-state index >= 15 is 0 Å². The smallest absolute Gasteiger partial charge is 0.306 e. The summed E-state index contributed by atoms with van der Waals surface area (Å²) in [5, 5.41) is 11.7. The van der Waals surface area contributed by atoms with Crippen LogP contribution in [0.5, 0.6) is 0 Å². The fraction of sp³-hybridized carbons (Fsp3) is 0.638. The third-order valence-corrected chi connectivity index (χ3v) is 10.9. The number of esters is 2. The van der Waals surface area contributed by atoms with Crippen molar-refractivity contribution in [1.29, 1.82) is 0 Å². The van der Waals surface area contributed by atoms with Crippen LogP contribution >= 0.6 is 0 Å². The molecule has 0 aromatic heterocycles. The summed E-state index contributed by atoms with van der Waals surface area (Å²) < 4.78 is 17.2. The second-order valence-electron chi connectivity index (χ2n) is 18.0. The highest BCUT2D eigenvalue weighted by Crippen LogP contribution is 2.14. The molecule has 2 unspecified atom stereocenters. The fourth-order valence-electron chi connectivity index (χ4n) is 6.97. The lowest BCUT2D eigenvalue weighted by Gasteiger charge is -2.34. The number of likely N-dealkylation sites (N-methyl/N-ethyl adjacent to an activating group) is 1. The van der Waals surface area contributed by atoms with Crippen LogP contribution in [0, 0.1) is 0 Å². The topological polar surface area (TPSA) is 102 Å². The predicted molar refractivity (Wildman–Crippen MR) is 277 cm³/mol. The first-order chi connectivity index (χ1) is 32.1. The van der Waals surface area contributed by atoms with Crippen LogP contribution in [-0.2, 0) is 28.6 Å². The number of ether oxygens (including phenoxy) is 3. The molecule has 2 atom stereocenters. The Kier molecular flexibility index (Phi) is 44.6. The molecule has 66 heavy (non-hydrogen) atoms. The number of hydrogen-bond acceptors (Lipinski definition) is 7. The van der Waals surface area contributed by atoms with E-state index in [0.29, 0.717) is 12.8 Å². The van der Waals surface area contributed by atoms with E-state index in [4.69, 9.17) is 14.2 Å². The molecular weight excluding hydrogens is 823 g/mol. The van der Waals surface area contributed by atoms with Crippen LogP contribution in [0.2, 0.25) is 0 Å². The van der Waals surface area contributed by atoms with E-state index in [1.165, 1.54) is 44.9 Å². The number of allylic oxidation sites excluding steroid dienone is 18. The van der Waals surface area contributed by atoms with Crippen molar-refractivity contribution in [1.82, 2.24) is 0 Å². The summed E-state index contributed by atoms with van der Waals surface area (Å²) in [6.45, 7) is 4.39. The van der Waals surface area contributed by atoms with Gasteiger partial charge in [-0.2, -0.15) is 0 Å². The first-order valence-corrected chi connectivity index (χ1v) is 25.9. The van der Waals surface area contributed by atoms with Crippen molar-refractivity contribution in [2.24, 2.45) is 0 Å². The molecule has 0 aliphatic rings. The number of hydrogen-bond donors (Lipinski definition) is 0. The largest absolute Gasteiger partial charge is 0.544 e. The Bertz CT molecular complexity index is 1440. The number of nitrogens with zero attached hydrogens (tertiary/aromatic N) is 1. The van der Waals surface area contributed by atoms with Crippen LogP contribution in [0.3, 0.4) is 0 Å². The molecule has 0 aliphatic carbocycles. The fourth-order valence-corrected chi connectivity index (χ4v) is 6.97. The Morgan fingerprint density at radius 1 is 0.455 bits per heavy atom. The average Bonchev–Trinajstić information content (AvgIpc) is 3.28. The Morgan fingerprint density at radius 2 is 0.803 bits per heavy atom. The third-order valence-electron chi connectivity index (χ3n) is 10.9. The zero-order valence-electron chi connectivity index (χ0n) is 42.6. The van der Waals surface area contributed by atoms with Gasteiger partial charge in [-0.15, -0.1) is 0 Å². The maximum Gasteiger partial charge on any atom is 0.306 e. The minimum Gasteiger partial charge on any atom is -0.544 e. The Balaban J connectivity index is 4.31. The number of carboxylic acid groups (broad SMARTS) is 1. The summed E-state index contributed by atoms with van der Waals surface area (Å²) in [7, 11) is 5.39. The summed E-state index contributed by atoms with van der Waals surface area (Å²) in [6.07, 6.45) is 65.5. The van der Waals surface area contributed by atoms with Crippen LogP contribution in [0.4, 0.5) is 0 Å². The molecule has 8 nitrogen and oxygen atoms in total. The van der Waals surface area contributed by atoms with Gasteiger partial charge in [0.05, 0.1) is 40.3 Å². The van der Waals surface area contributed by atoms with Crippen molar-refractivity contribution in [3.05, 3.63) is 109 Å². The van der Waals surface area contributed by atoms with Crippen LogP contribution in [0.15, 0.2) is 109 Å². The zero-order chi connectivity index (χ0) is 48.4. The molecule has 0 heterocycles. The summed E-state index contributed by atoms with van der Waals surface area (Å²) in [5.41, 5.74) is 0. The minimum absolute atomic E-state index is 0.0191. The molecule has 0 radical (unpaired) electrons. The molecule has 0 aliphatic heterocycles. The first kappa shape index (κ1) is 62.0. The van der Waals surface area contributed by atoms with Gasteiger partial charge in [0.1, 0.15) is 12.6 Å². The first-order valence-electron chi connectivity index (χ1n) is 25.9. The molecule has 0 saturated heterocycles. The SMILES string of the molecule is CC/C=C/C/C=C/C/C=C/C/C=C/C/C=C/CCCCCC(=O)OC(COCCC(C(=O)[O-])[N+](C)(C)C)COC(=O)CCCCCCCCCCCC/C=C/C/C=C/C/C=C/C/C=C/CC. The predicted octanol–water partition coefficient (Wildman–Crippen LogP) is 13.9. The summed E-state index contributed by atoms with van der Waals surface area (Å²) in [5.74, 6) is -1.79. The number of carboxylic acids is 1. The van der Waals surface area contributed by atoms with Gasteiger partial charge in [0, 0.05) is 19.3 Å². The minimum atomic E-state index is -1.14. The van der Waals surface area contributed by atoms with E-state index in [1.807, 2.05) is 0 Å². The molecule has 0 N–H and O–H groups in total. The van der Waals surface area contributed by atoms with Gasteiger partial charge in [0.2, 0.25) is 0 Å². The van der Waals surface area contributed by atoms with Crippen LogP contribution in [-0.4, -0.2) is 75.5 Å². The van der Waals surface area contributed by atoms with Crippen LogP contribution in [0.1, 0.15) is 187 Å². The van der Waals surface area contributed by atoms with E-state index in [2.05, 4.69) is 123 Å². The average molecular weight is 918 g/mol. The Hall–Kier alpha value is -4.01. The molecule has 0 spiro atoms. The number of carbonyl (C=O) groups excluding carboxylic acids is 3. The molecule has 0 saturated carbocycles. The third kappa shape index (κ3) is 45.2. The Morgan fingerprint density at radius 3 is 1.20 bits per heavy atom. The van der Waals surface area contributed by atoms with Gasteiger partial charge in [0.25, 0.3) is 0 Å². The molecular formula is C58H95NO7. The number of carbonyl (C=O) groups is 3. The summed E-state index contributed by atoms with van der Waals surface area (Å²) >= 11 is 0. The number of unbranched alkanes of at least 4 members (excludes halogenated alkanes) is 13. The van der Waals surface area contributed by atoms with E-state index < -0.39 is 18.1 Å². The maximum absolute atomic E-state index is 12.8. The lowest BCUT2D eigenvalue weighted by Crippen LogP contribution is -2.55. The highest BCUT2D eigenvalue weighted by atomic mass is 16.6. The highest BCUT2D eigenvalue weighted by molar-refractivity contribution is 5.70. The molecule has 0 aromatic rings. The molecule has 0 rings (SSSR count). The normalized spacial score (nSPS) is 13.8.